The van der Waals surface area contributed by atoms with Crippen molar-refractivity contribution in [1.82, 2.24) is 5.32 Å². The molecular formula is C16H19N5O10S. The van der Waals surface area contributed by atoms with E-state index in [1.54, 1.807) is 0 Å². The molecule has 0 fully saturated rings. The first kappa shape index (κ1) is 26.2. The third-order valence-corrected chi connectivity index (χ3v) is 4.40. The average Bonchev–Trinajstić information content (AvgIpc) is 2.72. The minimum Gasteiger partial charge on any atom is -0.480 e. The van der Waals surface area contributed by atoms with Gasteiger partial charge < -0.3 is 21.3 Å². The lowest BCUT2D eigenvalue weighted by Gasteiger charge is -2.25. The zero-order valence-electron chi connectivity index (χ0n) is 16.2. The maximum Gasteiger partial charge on any atom is 0.369 e. The van der Waals surface area contributed by atoms with Crippen LogP contribution in [0.4, 0.5) is 17.1 Å². The van der Waals surface area contributed by atoms with Crippen LogP contribution >= 0.6 is 12.6 Å². The standard InChI is InChI=1S/C16H19N5O10S/c17-8(16(26)27)4-5-12(22)18-9(7-32)15(25)19(6-13(23)24)10-2-1-3-11(20(28)29)14(10)21(30)31/h1-3,8-9,32H,4-7,17H2,(H,18,22)(H,23,24)(H,26,27)/t8?,9-/m1/s1. The van der Waals surface area contributed by atoms with E-state index in [-0.39, 0.29) is 18.6 Å². The van der Waals surface area contributed by atoms with Crippen LogP contribution in [-0.4, -0.2) is 68.2 Å². The molecule has 1 unspecified atom stereocenters. The number of rotatable bonds is 12. The van der Waals surface area contributed by atoms with Crippen LogP contribution < -0.4 is 16.0 Å². The number of para-hydroxylation sites is 1. The number of nitrogens with two attached hydrogens (primary N) is 1. The topological polar surface area (TPSA) is 236 Å². The van der Waals surface area contributed by atoms with Gasteiger partial charge in [-0.2, -0.15) is 12.6 Å². The summed E-state index contributed by atoms with van der Waals surface area (Å²) in [6.07, 6.45) is -0.648. The highest BCUT2D eigenvalue weighted by Crippen LogP contribution is 2.37. The van der Waals surface area contributed by atoms with Crippen molar-refractivity contribution < 1.29 is 39.2 Å². The third-order valence-electron chi connectivity index (χ3n) is 4.04. The minimum atomic E-state index is -1.59. The number of benzene rings is 1. The van der Waals surface area contributed by atoms with Gasteiger partial charge in [-0.05, 0) is 12.5 Å². The molecule has 16 heteroatoms. The number of aliphatic carboxylic acids is 2. The van der Waals surface area contributed by atoms with Gasteiger partial charge in [0.05, 0.1) is 9.85 Å². The van der Waals surface area contributed by atoms with E-state index in [0.29, 0.717) is 4.90 Å². The molecule has 1 aromatic carbocycles. The van der Waals surface area contributed by atoms with Gasteiger partial charge in [-0.15, -0.1) is 0 Å². The summed E-state index contributed by atoms with van der Waals surface area (Å²) in [5, 5.41) is 42.7. The second-order valence-corrected chi connectivity index (χ2v) is 6.63. The maximum atomic E-state index is 12.9. The van der Waals surface area contributed by atoms with E-state index in [4.69, 9.17) is 15.9 Å². The Bertz CT molecular complexity index is 940. The Hall–Kier alpha value is -3.79. The van der Waals surface area contributed by atoms with E-state index in [2.05, 4.69) is 17.9 Å². The number of hydrogen-bond donors (Lipinski definition) is 5. The molecule has 0 aliphatic carbocycles. The molecule has 5 N–H and O–H groups in total. The van der Waals surface area contributed by atoms with Crippen molar-refractivity contribution in [3.8, 4) is 0 Å². The molecule has 0 aromatic heterocycles. The number of carboxylic acid groups (broad SMARTS) is 2. The van der Waals surface area contributed by atoms with E-state index in [0.717, 1.165) is 18.2 Å². The van der Waals surface area contributed by atoms with Crippen LogP contribution in [0.5, 0.6) is 0 Å². The van der Waals surface area contributed by atoms with Gasteiger partial charge in [-0.25, -0.2) is 0 Å². The number of nitrogens with one attached hydrogen (secondary N) is 1. The number of nitro benzene ring substituents is 2. The predicted molar refractivity (Wildman–Crippen MR) is 110 cm³/mol. The Morgan fingerprint density at radius 3 is 2.25 bits per heavy atom. The fourth-order valence-corrected chi connectivity index (χ4v) is 2.79. The zero-order valence-corrected chi connectivity index (χ0v) is 17.1. The molecule has 0 spiro atoms. The molecule has 0 aliphatic rings. The van der Waals surface area contributed by atoms with Gasteiger partial charge in [0.1, 0.15) is 24.3 Å². The Kier molecular flexibility index (Phi) is 9.48. The van der Waals surface area contributed by atoms with Crippen LogP contribution in [0.1, 0.15) is 12.8 Å². The Morgan fingerprint density at radius 1 is 1.16 bits per heavy atom. The van der Waals surface area contributed by atoms with Gasteiger partial charge in [0, 0.05) is 18.2 Å². The van der Waals surface area contributed by atoms with Gasteiger partial charge in [0.25, 0.3) is 5.91 Å². The fraction of sp³-hybridized carbons (Fsp3) is 0.375. The molecule has 2 amide bonds. The second kappa shape index (κ2) is 11.6. The van der Waals surface area contributed by atoms with Crippen LogP contribution in [0.15, 0.2) is 18.2 Å². The van der Waals surface area contributed by atoms with Gasteiger partial charge in [0.2, 0.25) is 5.91 Å². The highest BCUT2D eigenvalue weighted by molar-refractivity contribution is 7.80. The van der Waals surface area contributed by atoms with Crippen LogP contribution in [0.25, 0.3) is 0 Å². The molecule has 0 bridgehead atoms. The van der Waals surface area contributed by atoms with Crippen molar-refractivity contribution >= 4 is 53.4 Å². The molecule has 0 aliphatic heterocycles. The number of thiol groups is 1. The SMILES string of the molecule is NC(CCC(=O)N[C@H](CS)C(=O)N(CC(=O)O)c1cccc([N+](=O)[O-])c1[N+](=O)[O-])C(=O)O. The lowest BCUT2D eigenvalue weighted by Crippen LogP contribution is -2.51. The molecule has 0 heterocycles. The molecular weight excluding hydrogens is 454 g/mol. The van der Waals surface area contributed by atoms with Crippen molar-refractivity contribution in [2.24, 2.45) is 5.73 Å². The first-order valence-electron chi connectivity index (χ1n) is 8.74. The third kappa shape index (κ3) is 6.88. The smallest absolute Gasteiger partial charge is 0.369 e. The van der Waals surface area contributed by atoms with Gasteiger partial charge in [-0.3, -0.25) is 44.3 Å². The minimum absolute atomic E-state index is 0.260. The molecule has 0 saturated heterocycles. The zero-order chi connectivity index (χ0) is 24.6. The fourth-order valence-electron chi connectivity index (χ4n) is 2.54. The van der Waals surface area contributed by atoms with Crippen molar-refractivity contribution in [3.05, 3.63) is 38.4 Å². The molecule has 0 saturated carbocycles. The summed E-state index contributed by atoms with van der Waals surface area (Å²) in [7, 11) is 0. The summed E-state index contributed by atoms with van der Waals surface area (Å²) < 4.78 is 0. The number of amides is 2. The first-order chi connectivity index (χ1) is 14.9. The van der Waals surface area contributed by atoms with Gasteiger partial charge >= 0.3 is 23.3 Å². The molecule has 15 nitrogen and oxygen atoms in total. The van der Waals surface area contributed by atoms with Crippen LogP contribution in [0.2, 0.25) is 0 Å². The number of nitrogens with zero attached hydrogens (tertiary/aromatic N) is 3. The number of carbonyl (C=O) groups excluding carboxylic acids is 2. The maximum absolute atomic E-state index is 12.9. The summed E-state index contributed by atoms with van der Waals surface area (Å²) in [4.78, 5) is 67.9. The molecule has 1 aromatic rings. The lowest BCUT2D eigenvalue weighted by atomic mass is 10.1. The van der Waals surface area contributed by atoms with Crippen LogP contribution in [0, 0.1) is 20.2 Å². The first-order valence-corrected chi connectivity index (χ1v) is 9.37. The molecule has 32 heavy (non-hydrogen) atoms. The summed E-state index contributed by atoms with van der Waals surface area (Å²) in [5.74, 6) is -5.24. The molecule has 1 rings (SSSR count). The monoisotopic (exact) mass is 473 g/mol. The predicted octanol–water partition coefficient (Wildman–Crippen LogP) is -0.473. The summed E-state index contributed by atoms with van der Waals surface area (Å²) in [6, 6.07) is -0.0133. The van der Waals surface area contributed by atoms with Crippen molar-refractivity contribution in [3.63, 3.8) is 0 Å². The highest BCUT2D eigenvalue weighted by Gasteiger charge is 2.36. The number of carboxylic acids is 2. The lowest BCUT2D eigenvalue weighted by molar-refractivity contribution is -0.421. The summed E-state index contributed by atoms with van der Waals surface area (Å²) in [5.41, 5.74) is 2.56. The number of carbonyl (C=O) groups is 4. The van der Waals surface area contributed by atoms with Crippen LogP contribution in [0.3, 0.4) is 0 Å². The van der Waals surface area contributed by atoms with E-state index < -0.39 is 69.3 Å². The largest absolute Gasteiger partial charge is 0.480 e. The normalized spacial score (nSPS) is 12.3. The molecule has 0 radical (unpaired) electrons. The van der Waals surface area contributed by atoms with Gasteiger partial charge in [0.15, 0.2) is 0 Å². The summed E-state index contributed by atoms with van der Waals surface area (Å²) >= 11 is 3.92. The van der Waals surface area contributed by atoms with E-state index in [1.165, 1.54) is 0 Å². The Morgan fingerprint density at radius 2 is 1.78 bits per heavy atom. The van der Waals surface area contributed by atoms with Crippen molar-refractivity contribution in [1.29, 1.82) is 0 Å². The summed E-state index contributed by atoms with van der Waals surface area (Å²) in [6.45, 7) is -1.11. The van der Waals surface area contributed by atoms with Crippen LogP contribution in [-0.2, 0) is 19.2 Å². The molecule has 174 valence electrons. The van der Waals surface area contributed by atoms with E-state index >= 15 is 0 Å². The van der Waals surface area contributed by atoms with Crippen molar-refractivity contribution in [2.75, 3.05) is 17.2 Å². The Balaban J connectivity index is 3.28. The van der Waals surface area contributed by atoms with E-state index in [9.17, 15) is 39.4 Å². The van der Waals surface area contributed by atoms with Crippen molar-refractivity contribution in [2.45, 2.75) is 24.9 Å². The number of hydrogen-bond acceptors (Lipinski definition) is 10. The van der Waals surface area contributed by atoms with Gasteiger partial charge in [-0.1, -0.05) is 6.07 Å². The number of anilines is 1. The average molecular weight is 473 g/mol. The van der Waals surface area contributed by atoms with E-state index in [1.807, 2.05) is 0 Å². The second-order valence-electron chi connectivity index (χ2n) is 6.26. The quantitative estimate of drug-likeness (QED) is 0.148. The number of nitro groups is 2. The Labute approximate surface area is 184 Å². The highest BCUT2D eigenvalue weighted by atomic mass is 32.1. The molecule has 2 atom stereocenters.